The van der Waals surface area contributed by atoms with E-state index < -0.39 is 0 Å². The van der Waals surface area contributed by atoms with Gasteiger partial charge in [-0.2, -0.15) is 0 Å². The molecule has 0 aliphatic carbocycles. The lowest BCUT2D eigenvalue weighted by atomic mass is 9.98. The highest BCUT2D eigenvalue weighted by atomic mass is 16.5. The van der Waals surface area contributed by atoms with Gasteiger partial charge in [0.2, 0.25) is 0 Å². The van der Waals surface area contributed by atoms with Crippen molar-refractivity contribution in [2.45, 2.75) is 6.42 Å². The van der Waals surface area contributed by atoms with E-state index in [4.69, 9.17) is 4.74 Å². The van der Waals surface area contributed by atoms with Crippen molar-refractivity contribution in [3.8, 4) is 16.9 Å². The topological polar surface area (TPSA) is 60.9 Å². The van der Waals surface area contributed by atoms with Gasteiger partial charge >= 0.3 is 6.03 Å². The molecule has 1 fully saturated rings. The third-order valence-electron chi connectivity index (χ3n) is 7.52. The van der Waals surface area contributed by atoms with Crippen LogP contribution in [0.5, 0.6) is 5.75 Å². The van der Waals surface area contributed by atoms with E-state index in [0.29, 0.717) is 6.54 Å². The number of nitrogens with one attached hydrogen (secondary N) is 1. The lowest BCUT2D eigenvalue weighted by Gasteiger charge is -2.35. The summed E-state index contributed by atoms with van der Waals surface area (Å²) in [4.78, 5) is 24.3. The number of nitrogens with zero attached hydrogens (tertiary/aromatic N) is 4. The number of urea groups is 1. The summed E-state index contributed by atoms with van der Waals surface area (Å²) in [6.45, 7) is 4.53. The van der Waals surface area contributed by atoms with Crippen LogP contribution in [0.3, 0.4) is 0 Å². The largest absolute Gasteiger partial charge is 0.495 e. The summed E-state index contributed by atoms with van der Waals surface area (Å²) in [6.07, 6.45) is 4.41. The van der Waals surface area contributed by atoms with Crippen LogP contribution in [-0.2, 0) is 6.42 Å². The van der Waals surface area contributed by atoms with Gasteiger partial charge < -0.3 is 19.9 Å². The second-order valence-corrected chi connectivity index (χ2v) is 9.72. The second-order valence-electron chi connectivity index (χ2n) is 9.72. The monoisotopic (exact) mass is 493 g/mol. The molecule has 2 aliphatic rings. The summed E-state index contributed by atoms with van der Waals surface area (Å²) in [7, 11) is 3.87. The van der Waals surface area contributed by atoms with Gasteiger partial charge in [-0.25, -0.2) is 4.79 Å². The van der Waals surface area contributed by atoms with Crippen LogP contribution >= 0.6 is 0 Å². The molecule has 0 bridgehead atoms. The van der Waals surface area contributed by atoms with E-state index in [1.165, 1.54) is 0 Å². The van der Waals surface area contributed by atoms with Crippen molar-refractivity contribution in [2.75, 3.05) is 62.0 Å². The third kappa shape index (κ3) is 4.36. The number of ether oxygens (including phenoxy) is 1. The van der Waals surface area contributed by atoms with Gasteiger partial charge in [-0.05, 0) is 65.9 Å². The maximum absolute atomic E-state index is 13.6. The first kappa shape index (κ1) is 23.3. The molecule has 188 valence electrons. The van der Waals surface area contributed by atoms with Gasteiger partial charge in [0.05, 0.1) is 24.2 Å². The number of likely N-dealkylation sites (N-methyl/N-ethyl adjacent to an activating group) is 1. The Morgan fingerprint density at radius 1 is 0.892 bits per heavy atom. The minimum Gasteiger partial charge on any atom is -0.495 e. The molecular weight excluding hydrogens is 462 g/mol. The molecule has 3 heterocycles. The molecule has 4 aromatic rings. The highest BCUT2D eigenvalue weighted by molar-refractivity contribution is 6.11. The van der Waals surface area contributed by atoms with Gasteiger partial charge in [0.15, 0.2) is 0 Å². The Balaban J connectivity index is 1.31. The number of anilines is 3. The number of methoxy groups -OCH3 is 1. The number of carbonyl (C=O) groups excluding carboxylic acids is 1. The van der Waals surface area contributed by atoms with Crippen LogP contribution in [0.15, 0.2) is 73.1 Å². The van der Waals surface area contributed by atoms with Crippen LogP contribution in [0.2, 0.25) is 0 Å². The van der Waals surface area contributed by atoms with Gasteiger partial charge in [-0.15, -0.1) is 0 Å². The second kappa shape index (κ2) is 9.75. The summed E-state index contributed by atoms with van der Waals surface area (Å²) in [6, 6.07) is 20.4. The van der Waals surface area contributed by atoms with E-state index >= 15 is 0 Å². The van der Waals surface area contributed by atoms with Crippen LogP contribution in [-0.4, -0.2) is 62.8 Å². The first-order valence-electron chi connectivity index (χ1n) is 12.8. The summed E-state index contributed by atoms with van der Waals surface area (Å²) in [5.74, 6) is 0.878. The highest BCUT2D eigenvalue weighted by Gasteiger charge is 2.29. The van der Waals surface area contributed by atoms with E-state index in [9.17, 15) is 4.79 Å². The number of rotatable bonds is 4. The molecule has 0 radical (unpaired) electrons. The number of fused-ring (bicyclic) bond motifs is 2. The highest BCUT2D eigenvalue weighted by Crippen LogP contribution is 2.40. The first-order valence-corrected chi connectivity index (χ1v) is 12.8. The van der Waals surface area contributed by atoms with Crippen LogP contribution < -0.4 is 19.9 Å². The minimum absolute atomic E-state index is 0.116. The van der Waals surface area contributed by atoms with Gasteiger partial charge in [-0.3, -0.25) is 9.88 Å². The van der Waals surface area contributed by atoms with Crippen molar-refractivity contribution in [3.63, 3.8) is 0 Å². The Labute approximate surface area is 217 Å². The van der Waals surface area contributed by atoms with Gasteiger partial charge in [-0.1, -0.05) is 30.3 Å². The van der Waals surface area contributed by atoms with Gasteiger partial charge in [0.25, 0.3) is 0 Å². The lowest BCUT2D eigenvalue weighted by molar-refractivity contribution is 0.257. The Kier molecular flexibility index (Phi) is 6.14. The number of carbonyl (C=O) groups is 1. The Morgan fingerprint density at radius 3 is 2.41 bits per heavy atom. The summed E-state index contributed by atoms with van der Waals surface area (Å²) in [5.41, 5.74) is 6.18. The smallest absolute Gasteiger partial charge is 0.326 e. The molecule has 7 heteroatoms. The van der Waals surface area contributed by atoms with Crippen LogP contribution in [0.25, 0.3) is 21.9 Å². The number of hydrogen-bond donors (Lipinski definition) is 1. The molecule has 1 saturated heterocycles. The molecule has 1 aromatic heterocycles. The van der Waals surface area contributed by atoms with E-state index in [1.807, 2.05) is 35.2 Å². The van der Waals surface area contributed by atoms with E-state index in [-0.39, 0.29) is 6.03 Å². The molecule has 37 heavy (non-hydrogen) atoms. The van der Waals surface area contributed by atoms with Crippen LogP contribution in [0.4, 0.5) is 21.9 Å². The molecule has 0 spiro atoms. The van der Waals surface area contributed by atoms with Crippen molar-refractivity contribution in [1.29, 1.82) is 0 Å². The molecular formula is C30H31N5O2. The normalized spacial score (nSPS) is 15.6. The van der Waals surface area contributed by atoms with Crippen molar-refractivity contribution < 1.29 is 9.53 Å². The van der Waals surface area contributed by atoms with Crippen molar-refractivity contribution in [2.24, 2.45) is 0 Å². The fourth-order valence-electron chi connectivity index (χ4n) is 5.45. The Bertz CT molecular complexity index is 1450. The number of piperazine rings is 1. The molecule has 1 N–H and O–H groups in total. The zero-order chi connectivity index (χ0) is 25.4. The minimum atomic E-state index is -0.116. The molecule has 2 aliphatic heterocycles. The van der Waals surface area contributed by atoms with Crippen molar-refractivity contribution in [3.05, 3.63) is 78.6 Å². The average Bonchev–Trinajstić information content (AvgIpc) is 3.36. The zero-order valence-corrected chi connectivity index (χ0v) is 21.3. The number of hydrogen-bond acceptors (Lipinski definition) is 5. The zero-order valence-electron chi connectivity index (χ0n) is 21.3. The van der Waals surface area contributed by atoms with E-state index in [1.54, 1.807) is 19.5 Å². The first-order chi connectivity index (χ1) is 18.1. The Morgan fingerprint density at radius 2 is 1.65 bits per heavy atom. The predicted molar refractivity (Wildman–Crippen MR) is 150 cm³/mol. The average molecular weight is 494 g/mol. The maximum atomic E-state index is 13.6. The standard InChI is InChI=1S/C30H31N5O2/c1-33-15-17-34(18-16-33)28-20-27-22(19-29(28)37-2)11-14-35(27)30(36)32-26-8-7-23(21-9-12-31-13-10-21)24-5-3-4-6-25(24)26/h3-10,12-13,19-20H,11,14-18H2,1-2H3,(H,32,36). The predicted octanol–water partition coefficient (Wildman–Crippen LogP) is 5.26. The lowest BCUT2D eigenvalue weighted by Crippen LogP contribution is -2.44. The van der Waals surface area contributed by atoms with Gasteiger partial charge in [0, 0.05) is 50.5 Å². The number of aromatic nitrogens is 1. The van der Waals surface area contributed by atoms with Crippen LogP contribution in [0, 0.1) is 0 Å². The third-order valence-corrected chi connectivity index (χ3v) is 7.52. The van der Waals surface area contributed by atoms with E-state index in [2.05, 4.69) is 57.5 Å². The molecule has 0 saturated carbocycles. The number of amides is 2. The summed E-state index contributed by atoms with van der Waals surface area (Å²) < 4.78 is 5.76. The van der Waals surface area contributed by atoms with Crippen molar-refractivity contribution in [1.82, 2.24) is 9.88 Å². The summed E-state index contributed by atoms with van der Waals surface area (Å²) in [5, 5.41) is 5.31. The quantitative estimate of drug-likeness (QED) is 0.420. The van der Waals surface area contributed by atoms with Gasteiger partial charge in [0.1, 0.15) is 5.75 Å². The fourth-order valence-corrected chi connectivity index (χ4v) is 5.45. The van der Waals surface area contributed by atoms with Crippen LogP contribution in [0.1, 0.15) is 5.56 Å². The number of benzene rings is 3. The van der Waals surface area contributed by atoms with Crippen molar-refractivity contribution >= 4 is 33.9 Å². The summed E-state index contributed by atoms with van der Waals surface area (Å²) >= 11 is 0. The number of pyridine rings is 1. The molecule has 2 amide bonds. The SMILES string of the molecule is COc1cc2c(cc1N1CCN(C)CC1)N(C(=O)Nc1ccc(-c3ccncc3)c3ccccc13)CC2. The fraction of sp³-hybridized carbons (Fsp3) is 0.267. The molecule has 6 rings (SSSR count). The molecule has 0 atom stereocenters. The molecule has 3 aromatic carbocycles. The molecule has 7 nitrogen and oxygen atoms in total. The maximum Gasteiger partial charge on any atom is 0.326 e. The van der Waals surface area contributed by atoms with E-state index in [0.717, 1.165) is 82.9 Å². The Hall–Kier alpha value is -4.10. The molecule has 0 unspecified atom stereocenters.